The number of rotatable bonds is 11. The smallest absolute Gasteiger partial charge is 0.163 e. The summed E-state index contributed by atoms with van der Waals surface area (Å²) in [5.41, 5.74) is -0.696. The largest absolute Gasteiger partial charge is 0.396 e. The van der Waals surface area contributed by atoms with Crippen molar-refractivity contribution < 1.29 is 14.6 Å². The van der Waals surface area contributed by atoms with Crippen molar-refractivity contribution in [1.82, 2.24) is 0 Å². The van der Waals surface area contributed by atoms with Gasteiger partial charge in [-0.25, -0.2) is 0 Å². The molecule has 0 amide bonds. The van der Waals surface area contributed by atoms with Crippen LogP contribution in [0, 0.1) is 5.41 Å². The van der Waals surface area contributed by atoms with E-state index in [0.29, 0.717) is 24.8 Å². The minimum absolute atomic E-state index is 0.0719. The summed E-state index contributed by atoms with van der Waals surface area (Å²) >= 11 is 0. The zero-order valence-corrected chi connectivity index (χ0v) is 16.5. The molecule has 0 aromatic heterocycles. The standard InChI is InChI=1S/C17H38B2O3/c1-13(2)18-15(5,6)21-11-17(9,10-20)12-22-16(7,8)19-14(3)4/h13-14,18-20H,10-12H2,1-9H3. The van der Waals surface area contributed by atoms with E-state index in [0.717, 1.165) is 14.6 Å². The quantitative estimate of drug-likeness (QED) is 0.596. The monoisotopic (exact) mass is 312 g/mol. The van der Waals surface area contributed by atoms with Crippen molar-refractivity contribution >= 4 is 14.6 Å². The van der Waals surface area contributed by atoms with E-state index in [2.05, 4.69) is 55.4 Å². The molecule has 0 rings (SSSR count). The molecule has 0 unspecified atom stereocenters. The Kier molecular flexibility index (Phi) is 8.75. The predicted molar refractivity (Wildman–Crippen MR) is 99.7 cm³/mol. The zero-order chi connectivity index (χ0) is 17.6. The van der Waals surface area contributed by atoms with E-state index < -0.39 is 0 Å². The van der Waals surface area contributed by atoms with E-state index in [1.165, 1.54) is 0 Å². The Morgan fingerprint density at radius 1 is 0.773 bits per heavy atom. The molecule has 3 nitrogen and oxygen atoms in total. The summed E-state index contributed by atoms with van der Waals surface area (Å²) < 4.78 is 12.2. The van der Waals surface area contributed by atoms with Crippen molar-refractivity contribution in [3.05, 3.63) is 0 Å². The Hall–Kier alpha value is 0.00987. The molecule has 22 heavy (non-hydrogen) atoms. The lowest BCUT2D eigenvalue weighted by Crippen LogP contribution is -2.44. The van der Waals surface area contributed by atoms with Crippen LogP contribution >= 0.6 is 0 Å². The average molecular weight is 312 g/mol. The zero-order valence-electron chi connectivity index (χ0n) is 16.5. The van der Waals surface area contributed by atoms with E-state index in [4.69, 9.17) is 9.47 Å². The summed E-state index contributed by atoms with van der Waals surface area (Å²) in [6, 6.07) is 0. The van der Waals surface area contributed by atoms with E-state index in [9.17, 15) is 5.11 Å². The summed E-state index contributed by atoms with van der Waals surface area (Å²) in [5, 5.41) is 9.78. The molecule has 0 aromatic carbocycles. The Balaban J connectivity index is 4.52. The number of aliphatic hydroxyl groups is 1. The van der Waals surface area contributed by atoms with Crippen molar-refractivity contribution in [3.8, 4) is 0 Å². The van der Waals surface area contributed by atoms with Crippen molar-refractivity contribution in [2.75, 3.05) is 19.8 Å². The lowest BCUT2D eigenvalue weighted by Gasteiger charge is -2.36. The van der Waals surface area contributed by atoms with Gasteiger partial charge in [0.15, 0.2) is 14.6 Å². The highest BCUT2D eigenvalue weighted by Gasteiger charge is 2.32. The fourth-order valence-corrected chi connectivity index (χ4v) is 2.96. The fraction of sp³-hybridized carbons (Fsp3) is 1.00. The highest BCUT2D eigenvalue weighted by molar-refractivity contribution is 6.41. The second-order valence-corrected chi connectivity index (χ2v) is 9.26. The topological polar surface area (TPSA) is 38.7 Å². The summed E-state index contributed by atoms with van der Waals surface area (Å²) in [6.45, 7) is 20.4. The van der Waals surface area contributed by atoms with Crippen LogP contribution < -0.4 is 0 Å². The van der Waals surface area contributed by atoms with Gasteiger partial charge in [0.25, 0.3) is 0 Å². The van der Waals surface area contributed by atoms with Crippen molar-refractivity contribution in [1.29, 1.82) is 0 Å². The van der Waals surface area contributed by atoms with Crippen LogP contribution in [0.25, 0.3) is 0 Å². The molecule has 0 saturated carbocycles. The van der Waals surface area contributed by atoms with Crippen LogP contribution in [0.3, 0.4) is 0 Å². The minimum Gasteiger partial charge on any atom is -0.396 e. The SMILES string of the molecule is CC(C)BC(C)(C)OCC(C)(CO)COC(C)(C)BC(C)C. The van der Waals surface area contributed by atoms with Gasteiger partial charge in [-0.3, -0.25) is 0 Å². The van der Waals surface area contributed by atoms with Gasteiger partial charge in [-0.05, 0) is 27.7 Å². The van der Waals surface area contributed by atoms with Gasteiger partial charge in [-0.1, -0.05) is 46.3 Å². The third kappa shape index (κ3) is 9.91. The van der Waals surface area contributed by atoms with E-state index >= 15 is 0 Å². The van der Waals surface area contributed by atoms with Gasteiger partial charge in [0, 0.05) is 16.4 Å². The molecule has 0 atom stereocenters. The predicted octanol–water partition coefficient (Wildman–Crippen LogP) is 3.02. The van der Waals surface area contributed by atoms with Crippen molar-refractivity contribution in [3.63, 3.8) is 0 Å². The summed E-state index contributed by atoms with van der Waals surface area (Å²) in [4.78, 5) is 0. The molecular weight excluding hydrogens is 274 g/mol. The van der Waals surface area contributed by atoms with Gasteiger partial charge in [0.1, 0.15) is 0 Å². The number of hydrogen-bond acceptors (Lipinski definition) is 3. The molecule has 5 heteroatoms. The molecule has 0 aromatic rings. The van der Waals surface area contributed by atoms with Gasteiger partial charge in [-0.2, -0.15) is 0 Å². The van der Waals surface area contributed by atoms with Crippen LogP contribution in [0.4, 0.5) is 0 Å². The maximum absolute atomic E-state index is 9.78. The molecule has 0 radical (unpaired) electrons. The summed E-state index contributed by atoms with van der Waals surface area (Å²) in [6.07, 6.45) is 0. The third-order valence-corrected chi connectivity index (χ3v) is 3.80. The van der Waals surface area contributed by atoms with Crippen molar-refractivity contribution in [2.45, 2.75) is 84.9 Å². The first-order valence-corrected chi connectivity index (χ1v) is 8.70. The van der Waals surface area contributed by atoms with Crippen LogP contribution in [-0.4, -0.2) is 50.5 Å². The van der Waals surface area contributed by atoms with Crippen LogP contribution in [0.2, 0.25) is 11.6 Å². The molecule has 0 bridgehead atoms. The Morgan fingerprint density at radius 2 is 1.09 bits per heavy atom. The molecule has 0 fully saturated rings. The lowest BCUT2D eigenvalue weighted by atomic mass is 9.54. The van der Waals surface area contributed by atoms with Gasteiger partial charge < -0.3 is 14.6 Å². The Labute approximate surface area is 140 Å². The average Bonchev–Trinajstić information content (AvgIpc) is 2.31. The minimum atomic E-state index is -0.359. The van der Waals surface area contributed by atoms with E-state index in [-0.39, 0.29) is 23.0 Å². The van der Waals surface area contributed by atoms with Gasteiger partial charge in [-0.15, -0.1) is 0 Å². The Morgan fingerprint density at radius 3 is 1.32 bits per heavy atom. The Bertz CT molecular complexity index is 289. The van der Waals surface area contributed by atoms with E-state index in [1.54, 1.807) is 0 Å². The highest BCUT2D eigenvalue weighted by atomic mass is 16.5. The van der Waals surface area contributed by atoms with Crippen LogP contribution in [0.1, 0.15) is 62.3 Å². The lowest BCUT2D eigenvalue weighted by molar-refractivity contribution is -0.0890. The second kappa shape index (κ2) is 8.75. The second-order valence-electron chi connectivity index (χ2n) is 9.26. The fourth-order valence-electron chi connectivity index (χ4n) is 2.96. The normalized spacial score (nSPS) is 13.8. The molecule has 0 aliphatic rings. The number of ether oxygens (including phenoxy) is 2. The maximum Gasteiger partial charge on any atom is 0.163 e. The molecule has 1 N–H and O–H groups in total. The third-order valence-electron chi connectivity index (χ3n) is 3.80. The van der Waals surface area contributed by atoms with Gasteiger partial charge in [0.2, 0.25) is 0 Å². The molecule has 0 aliphatic heterocycles. The summed E-state index contributed by atoms with van der Waals surface area (Å²) in [7, 11) is 2.02. The van der Waals surface area contributed by atoms with Crippen LogP contribution in [0.15, 0.2) is 0 Å². The molecule has 0 heterocycles. The molecule has 130 valence electrons. The first-order chi connectivity index (χ1) is 9.81. The molecule has 0 spiro atoms. The number of aliphatic hydroxyl groups excluding tert-OH is 1. The molecule has 0 aliphatic carbocycles. The molecule has 0 saturated heterocycles. The molecular formula is C17H38B2O3. The van der Waals surface area contributed by atoms with Crippen molar-refractivity contribution in [2.24, 2.45) is 5.41 Å². The first kappa shape index (κ1) is 22.0. The van der Waals surface area contributed by atoms with Crippen LogP contribution in [0.5, 0.6) is 0 Å². The van der Waals surface area contributed by atoms with Crippen LogP contribution in [-0.2, 0) is 9.47 Å². The highest BCUT2D eigenvalue weighted by Crippen LogP contribution is 2.25. The van der Waals surface area contributed by atoms with Gasteiger partial charge in [0.05, 0.1) is 19.8 Å². The summed E-state index contributed by atoms with van der Waals surface area (Å²) in [5.74, 6) is 1.19. The first-order valence-electron chi connectivity index (χ1n) is 8.70. The van der Waals surface area contributed by atoms with E-state index in [1.807, 2.05) is 6.92 Å². The van der Waals surface area contributed by atoms with Gasteiger partial charge >= 0.3 is 0 Å². The maximum atomic E-state index is 9.78. The number of hydrogen-bond donors (Lipinski definition) is 1.